The molecule has 10 nitrogen and oxygen atoms in total. The maximum atomic E-state index is 13.0. The standard InChI is InChI=1S/C21H28N6O2.CH2O2/c1-2-7-26-10-11-27(21(26)29)15-3-4-17-16(12-15)19(24-23-17)20(28)22-18-13-25-8-5-14(18)6-9-25;2-1-3/h3-4,12,14,18H,2,5-11,13H2,1H3,(H,22,28)(H,23,24);1H,(H,2,3)/t18-;/m1./s1. The van der Waals surface area contributed by atoms with Gasteiger partial charge in [-0.3, -0.25) is 19.6 Å². The van der Waals surface area contributed by atoms with Crippen molar-refractivity contribution in [2.24, 2.45) is 5.92 Å². The van der Waals surface area contributed by atoms with Crippen molar-refractivity contribution in [2.75, 3.05) is 44.2 Å². The number of anilines is 1. The number of piperidine rings is 3. The number of hydrogen-bond donors (Lipinski definition) is 3. The minimum atomic E-state index is -0.250. The topological polar surface area (TPSA) is 122 Å². The van der Waals surface area contributed by atoms with Crippen LogP contribution < -0.4 is 10.2 Å². The molecule has 5 heterocycles. The summed E-state index contributed by atoms with van der Waals surface area (Å²) in [7, 11) is 0. The van der Waals surface area contributed by atoms with Crippen molar-refractivity contribution in [1.82, 2.24) is 25.3 Å². The smallest absolute Gasteiger partial charge is 0.324 e. The van der Waals surface area contributed by atoms with Crippen molar-refractivity contribution in [3.8, 4) is 0 Å². The lowest BCUT2D eigenvalue weighted by Crippen LogP contribution is -2.57. The second-order valence-corrected chi connectivity index (χ2v) is 8.55. The molecule has 1 atom stereocenters. The van der Waals surface area contributed by atoms with Crippen molar-refractivity contribution < 1.29 is 19.5 Å². The van der Waals surface area contributed by atoms with E-state index in [9.17, 15) is 9.59 Å². The Morgan fingerprint density at radius 1 is 1.28 bits per heavy atom. The number of nitrogens with one attached hydrogen (secondary N) is 2. The number of hydrogen-bond acceptors (Lipinski definition) is 5. The molecular formula is C22H30N6O4. The van der Waals surface area contributed by atoms with Crippen LogP contribution in [-0.2, 0) is 4.79 Å². The fourth-order valence-corrected chi connectivity index (χ4v) is 5.01. The van der Waals surface area contributed by atoms with Crippen LogP contribution in [0.5, 0.6) is 0 Å². The van der Waals surface area contributed by atoms with Crippen LogP contribution in [-0.4, -0.2) is 88.8 Å². The van der Waals surface area contributed by atoms with Crippen LogP contribution in [0.3, 0.4) is 0 Å². The zero-order valence-electron chi connectivity index (χ0n) is 18.3. The zero-order valence-corrected chi connectivity index (χ0v) is 18.3. The summed E-state index contributed by atoms with van der Waals surface area (Å²) in [5.74, 6) is 0.434. The van der Waals surface area contributed by atoms with E-state index in [1.807, 2.05) is 23.1 Å². The van der Waals surface area contributed by atoms with E-state index in [-0.39, 0.29) is 24.5 Å². The molecule has 0 spiro atoms. The molecule has 1 aromatic heterocycles. The number of rotatable bonds is 5. The van der Waals surface area contributed by atoms with E-state index in [2.05, 4.69) is 27.3 Å². The Balaban J connectivity index is 0.000000775. The van der Waals surface area contributed by atoms with E-state index < -0.39 is 0 Å². The minimum absolute atomic E-state index is 0.0352. The second kappa shape index (κ2) is 9.56. The lowest BCUT2D eigenvalue weighted by molar-refractivity contribution is -0.122. The van der Waals surface area contributed by atoms with Gasteiger partial charge < -0.3 is 20.2 Å². The van der Waals surface area contributed by atoms with E-state index in [1.54, 1.807) is 4.90 Å². The molecule has 3 amide bonds. The van der Waals surface area contributed by atoms with Gasteiger partial charge in [0.05, 0.1) is 5.52 Å². The second-order valence-electron chi connectivity index (χ2n) is 8.55. The van der Waals surface area contributed by atoms with E-state index in [1.165, 1.54) is 0 Å². The van der Waals surface area contributed by atoms with Crippen LogP contribution in [0.2, 0.25) is 0 Å². The molecule has 6 rings (SSSR count). The highest BCUT2D eigenvalue weighted by atomic mass is 16.3. The Hall–Kier alpha value is -3.14. The monoisotopic (exact) mass is 442 g/mol. The van der Waals surface area contributed by atoms with Crippen LogP contribution in [0.15, 0.2) is 18.2 Å². The Bertz CT molecular complexity index is 984. The number of nitrogens with zero attached hydrogens (tertiary/aromatic N) is 4. The maximum absolute atomic E-state index is 13.0. The summed E-state index contributed by atoms with van der Waals surface area (Å²) < 4.78 is 0. The van der Waals surface area contributed by atoms with E-state index in [0.29, 0.717) is 18.2 Å². The first-order valence-corrected chi connectivity index (χ1v) is 11.2. The van der Waals surface area contributed by atoms with Crippen molar-refractivity contribution in [2.45, 2.75) is 32.2 Å². The third-order valence-electron chi connectivity index (χ3n) is 6.63. The van der Waals surface area contributed by atoms with E-state index in [0.717, 1.165) is 68.6 Å². The van der Waals surface area contributed by atoms with Gasteiger partial charge in [0.1, 0.15) is 0 Å². The number of carboxylic acid groups (broad SMARTS) is 1. The van der Waals surface area contributed by atoms with Crippen molar-refractivity contribution in [1.29, 1.82) is 0 Å². The molecule has 4 aliphatic heterocycles. The Labute approximate surface area is 186 Å². The van der Waals surface area contributed by atoms with Gasteiger partial charge in [0.2, 0.25) is 0 Å². The highest BCUT2D eigenvalue weighted by Crippen LogP contribution is 2.29. The number of aromatic nitrogens is 2. The number of carbonyl (C=O) groups is 3. The lowest BCUT2D eigenvalue weighted by Gasteiger charge is -2.44. The normalized spacial score (nSPS) is 24.4. The molecule has 0 unspecified atom stereocenters. The van der Waals surface area contributed by atoms with Crippen molar-refractivity contribution in [3.63, 3.8) is 0 Å². The summed E-state index contributed by atoms with van der Waals surface area (Å²) in [5.41, 5.74) is 2.04. The summed E-state index contributed by atoms with van der Waals surface area (Å²) >= 11 is 0. The number of carbonyl (C=O) groups excluding carboxylic acids is 2. The van der Waals surface area contributed by atoms with Gasteiger partial charge >= 0.3 is 6.03 Å². The van der Waals surface area contributed by atoms with Gasteiger partial charge in [-0.2, -0.15) is 5.10 Å². The number of H-pyrrole nitrogens is 1. The first-order chi connectivity index (χ1) is 15.5. The first-order valence-electron chi connectivity index (χ1n) is 11.2. The highest BCUT2D eigenvalue weighted by molar-refractivity contribution is 6.06. The molecule has 3 N–H and O–H groups in total. The number of benzene rings is 1. The Kier molecular flexibility index (Phi) is 6.59. The summed E-state index contributed by atoms with van der Waals surface area (Å²) in [6.07, 6.45) is 3.26. The molecule has 4 saturated heterocycles. The lowest BCUT2D eigenvalue weighted by atomic mass is 9.84. The molecule has 0 aliphatic carbocycles. The molecule has 10 heteroatoms. The molecule has 2 bridgehead atoms. The average Bonchev–Trinajstić information content (AvgIpc) is 3.39. The maximum Gasteiger partial charge on any atom is 0.324 e. The van der Waals surface area contributed by atoms with Crippen LogP contribution in [0.4, 0.5) is 10.5 Å². The predicted octanol–water partition coefficient (Wildman–Crippen LogP) is 1.74. The fourth-order valence-electron chi connectivity index (χ4n) is 5.01. The van der Waals surface area contributed by atoms with Gasteiger partial charge in [0, 0.05) is 43.3 Å². The molecule has 4 fully saturated rings. The third-order valence-corrected chi connectivity index (χ3v) is 6.63. The molecule has 0 saturated carbocycles. The molecule has 4 aliphatic rings. The zero-order chi connectivity index (χ0) is 22.7. The summed E-state index contributed by atoms with van der Waals surface area (Å²) in [4.78, 5) is 40.1. The molecule has 1 aromatic carbocycles. The number of amides is 3. The van der Waals surface area contributed by atoms with Gasteiger partial charge in [0.15, 0.2) is 5.69 Å². The number of urea groups is 1. The fraction of sp³-hybridized carbons (Fsp3) is 0.545. The van der Waals surface area contributed by atoms with Gasteiger partial charge in [-0.25, -0.2) is 4.79 Å². The van der Waals surface area contributed by atoms with Crippen LogP contribution in [0.25, 0.3) is 10.9 Å². The SMILES string of the molecule is CCCN1CCN(c2ccc3[nH]nc(C(=O)N[C@@H]4CN5CCC4CC5)c3c2)C1=O.O=CO. The Morgan fingerprint density at radius 3 is 2.69 bits per heavy atom. The van der Waals surface area contributed by atoms with Gasteiger partial charge in [0.25, 0.3) is 12.4 Å². The van der Waals surface area contributed by atoms with Gasteiger partial charge in [-0.1, -0.05) is 6.92 Å². The summed E-state index contributed by atoms with van der Waals surface area (Å²) in [6, 6.07) is 5.97. The van der Waals surface area contributed by atoms with Crippen molar-refractivity contribution >= 4 is 35.0 Å². The molecular weight excluding hydrogens is 412 g/mol. The molecule has 172 valence electrons. The summed E-state index contributed by atoms with van der Waals surface area (Å²) in [6.45, 7) is 7.23. The van der Waals surface area contributed by atoms with Crippen LogP contribution in [0, 0.1) is 5.92 Å². The first kappa shape index (κ1) is 22.1. The molecule has 32 heavy (non-hydrogen) atoms. The van der Waals surface area contributed by atoms with Gasteiger partial charge in [-0.15, -0.1) is 0 Å². The minimum Gasteiger partial charge on any atom is -0.483 e. The average molecular weight is 443 g/mol. The highest BCUT2D eigenvalue weighted by Gasteiger charge is 2.35. The number of aromatic amines is 1. The van der Waals surface area contributed by atoms with E-state index in [4.69, 9.17) is 9.90 Å². The summed E-state index contributed by atoms with van der Waals surface area (Å²) in [5, 5.41) is 18.1. The Morgan fingerprint density at radius 2 is 2.03 bits per heavy atom. The van der Waals surface area contributed by atoms with Crippen molar-refractivity contribution in [3.05, 3.63) is 23.9 Å². The largest absolute Gasteiger partial charge is 0.483 e. The van der Waals surface area contributed by atoms with Crippen LogP contribution in [0.1, 0.15) is 36.7 Å². The molecule has 2 aromatic rings. The quantitative estimate of drug-likeness (QED) is 0.607. The predicted molar refractivity (Wildman–Crippen MR) is 120 cm³/mol. The van der Waals surface area contributed by atoms with Gasteiger partial charge in [-0.05, 0) is 56.5 Å². The van der Waals surface area contributed by atoms with Crippen LogP contribution >= 0.6 is 0 Å². The molecule has 0 radical (unpaired) electrons. The number of fused-ring (bicyclic) bond motifs is 4. The third kappa shape index (κ3) is 4.27. The van der Waals surface area contributed by atoms with E-state index >= 15 is 0 Å².